The number of likely N-dealkylation sites (tertiary alicyclic amines) is 1. The molecule has 0 radical (unpaired) electrons. The van der Waals surface area contributed by atoms with Gasteiger partial charge < -0.3 is 14.6 Å². The first-order valence-corrected chi connectivity index (χ1v) is 10.3. The van der Waals surface area contributed by atoms with Crippen LogP contribution in [0.4, 0.5) is 0 Å². The van der Waals surface area contributed by atoms with Gasteiger partial charge in [0.15, 0.2) is 0 Å². The van der Waals surface area contributed by atoms with E-state index in [0.717, 1.165) is 43.8 Å². The minimum atomic E-state index is -0.742. The van der Waals surface area contributed by atoms with E-state index in [9.17, 15) is 5.11 Å². The van der Waals surface area contributed by atoms with Crippen molar-refractivity contribution in [1.82, 2.24) is 9.88 Å². The second-order valence-electron chi connectivity index (χ2n) is 8.07. The molecule has 5 heteroatoms. The van der Waals surface area contributed by atoms with Crippen molar-refractivity contribution in [1.29, 1.82) is 0 Å². The summed E-state index contributed by atoms with van der Waals surface area (Å²) in [6.07, 6.45) is 6.97. The van der Waals surface area contributed by atoms with Crippen LogP contribution in [-0.4, -0.2) is 48.4 Å². The molecule has 1 aromatic heterocycles. The van der Waals surface area contributed by atoms with Crippen LogP contribution in [0.5, 0.6) is 5.75 Å². The smallest absolute Gasteiger partial charge is 0.119 e. The Bertz CT molecular complexity index is 753. The molecule has 1 saturated heterocycles. The van der Waals surface area contributed by atoms with E-state index in [2.05, 4.69) is 22.0 Å². The number of fused-ring (bicyclic) bond motifs is 2. The summed E-state index contributed by atoms with van der Waals surface area (Å²) in [6, 6.07) is 12.3. The minimum Gasteiger partial charge on any atom is -0.491 e. The maximum atomic E-state index is 11.7. The second kappa shape index (κ2) is 8.60. The summed E-state index contributed by atoms with van der Waals surface area (Å²) >= 11 is 0. The van der Waals surface area contributed by atoms with Crippen LogP contribution in [0.1, 0.15) is 30.4 Å². The molecule has 0 spiro atoms. The van der Waals surface area contributed by atoms with Gasteiger partial charge >= 0.3 is 0 Å². The van der Waals surface area contributed by atoms with Crippen molar-refractivity contribution in [2.45, 2.75) is 31.4 Å². The van der Waals surface area contributed by atoms with Gasteiger partial charge in [-0.1, -0.05) is 24.6 Å². The number of aliphatic hydroxyl groups is 1. The van der Waals surface area contributed by atoms with Crippen LogP contribution >= 0.6 is 0 Å². The third-order valence-electron chi connectivity index (χ3n) is 6.29. The Morgan fingerprint density at radius 3 is 2.68 bits per heavy atom. The molecule has 2 aromatic rings. The summed E-state index contributed by atoms with van der Waals surface area (Å²) in [5.74, 6) is 1.40. The average molecular weight is 383 g/mol. The van der Waals surface area contributed by atoms with Crippen LogP contribution in [-0.2, 0) is 16.9 Å². The summed E-state index contributed by atoms with van der Waals surface area (Å²) in [6.45, 7) is 3.86. The van der Waals surface area contributed by atoms with E-state index in [-0.39, 0.29) is 11.8 Å². The SMILES string of the molecule is COCCOc1cccc(CN2C[C@@H]3CCC[C@@H](C2)C3(O)c2cccnc2)c1. The molecule has 4 rings (SSSR count). The molecule has 1 aliphatic heterocycles. The number of hydrogen-bond donors (Lipinski definition) is 1. The molecule has 0 amide bonds. The van der Waals surface area contributed by atoms with Crippen LogP contribution in [0.2, 0.25) is 0 Å². The normalized spacial score (nSPS) is 27.5. The number of rotatable bonds is 7. The number of nitrogens with zero attached hydrogens (tertiary/aromatic N) is 2. The highest BCUT2D eigenvalue weighted by Crippen LogP contribution is 2.49. The fraction of sp³-hybridized carbons (Fsp3) is 0.522. The van der Waals surface area contributed by atoms with E-state index in [1.165, 1.54) is 12.0 Å². The van der Waals surface area contributed by atoms with Crippen molar-refractivity contribution in [3.8, 4) is 5.75 Å². The fourth-order valence-electron chi connectivity index (χ4n) is 4.98. The molecule has 150 valence electrons. The highest BCUT2D eigenvalue weighted by Gasteiger charge is 2.51. The Morgan fingerprint density at radius 1 is 1.14 bits per heavy atom. The van der Waals surface area contributed by atoms with Gasteiger partial charge in [0.2, 0.25) is 0 Å². The number of hydrogen-bond acceptors (Lipinski definition) is 5. The second-order valence-corrected chi connectivity index (χ2v) is 8.07. The van der Waals surface area contributed by atoms with E-state index in [0.29, 0.717) is 13.2 Å². The molecular formula is C23H30N2O3. The molecule has 5 nitrogen and oxygen atoms in total. The quantitative estimate of drug-likeness (QED) is 0.745. The van der Waals surface area contributed by atoms with Crippen molar-refractivity contribution in [2.75, 3.05) is 33.4 Å². The molecule has 2 aliphatic rings. The number of aromatic nitrogens is 1. The average Bonchev–Trinajstić information content (AvgIpc) is 2.70. The van der Waals surface area contributed by atoms with Gasteiger partial charge in [0.1, 0.15) is 12.4 Å². The summed E-state index contributed by atoms with van der Waals surface area (Å²) in [4.78, 5) is 6.76. The van der Waals surface area contributed by atoms with Crippen LogP contribution < -0.4 is 4.74 Å². The number of methoxy groups -OCH3 is 1. The zero-order chi connectivity index (χ0) is 19.4. The first-order chi connectivity index (χ1) is 13.7. The van der Waals surface area contributed by atoms with Crippen molar-refractivity contribution in [3.05, 3.63) is 59.9 Å². The highest BCUT2D eigenvalue weighted by molar-refractivity contribution is 5.29. The lowest BCUT2D eigenvalue weighted by molar-refractivity contribution is -0.148. The number of pyridine rings is 1. The number of benzene rings is 1. The molecule has 2 bridgehead atoms. The van der Waals surface area contributed by atoms with Crippen molar-refractivity contribution >= 4 is 0 Å². The molecule has 2 fully saturated rings. The van der Waals surface area contributed by atoms with E-state index < -0.39 is 5.60 Å². The Labute approximate surface area is 167 Å². The zero-order valence-electron chi connectivity index (χ0n) is 16.6. The van der Waals surface area contributed by atoms with Crippen molar-refractivity contribution in [2.24, 2.45) is 11.8 Å². The Kier molecular flexibility index (Phi) is 5.95. The van der Waals surface area contributed by atoms with Crippen LogP contribution in [0.25, 0.3) is 0 Å². The van der Waals surface area contributed by atoms with Crippen LogP contribution in [0, 0.1) is 11.8 Å². The van der Waals surface area contributed by atoms with E-state index in [1.54, 1.807) is 13.3 Å². The maximum Gasteiger partial charge on any atom is 0.119 e. The first kappa shape index (κ1) is 19.4. The van der Waals surface area contributed by atoms with Gasteiger partial charge in [-0.2, -0.15) is 0 Å². The maximum absolute atomic E-state index is 11.7. The fourth-order valence-corrected chi connectivity index (χ4v) is 4.98. The predicted octanol–water partition coefficient (Wildman–Crippen LogP) is 3.23. The molecule has 1 aliphatic carbocycles. The molecule has 1 aromatic carbocycles. The Morgan fingerprint density at radius 2 is 1.96 bits per heavy atom. The highest BCUT2D eigenvalue weighted by atomic mass is 16.5. The third-order valence-corrected chi connectivity index (χ3v) is 6.29. The van der Waals surface area contributed by atoms with Gasteiger partial charge in [-0.15, -0.1) is 0 Å². The molecule has 0 unspecified atom stereocenters. The standard InChI is InChI=1S/C23H30N2O3/c1-27-11-12-28-22-9-2-5-18(13-22)15-25-16-20-6-3-7-21(17-25)23(20,26)19-8-4-10-24-14-19/h2,4-5,8-10,13-14,20-21,26H,3,6-7,11-12,15-17H2,1H3/t20-,21-/m0/s1. The first-order valence-electron chi connectivity index (χ1n) is 10.3. The van der Waals surface area contributed by atoms with Gasteiger partial charge in [-0.25, -0.2) is 0 Å². The summed E-state index contributed by atoms with van der Waals surface area (Å²) < 4.78 is 10.8. The Hall–Kier alpha value is -1.95. The molecule has 2 atom stereocenters. The minimum absolute atomic E-state index is 0.255. The molecule has 28 heavy (non-hydrogen) atoms. The molecule has 1 N–H and O–H groups in total. The monoisotopic (exact) mass is 382 g/mol. The molecule has 1 saturated carbocycles. The number of piperidine rings is 1. The van der Waals surface area contributed by atoms with Gasteiger partial charge in [0, 0.05) is 56.5 Å². The van der Waals surface area contributed by atoms with Gasteiger partial charge in [-0.05, 0) is 36.6 Å². The largest absolute Gasteiger partial charge is 0.491 e. The van der Waals surface area contributed by atoms with Crippen molar-refractivity contribution < 1.29 is 14.6 Å². The third kappa shape index (κ3) is 3.93. The lowest BCUT2D eigenvalue weighted by Gasteiger charge is -2.53. The van der Waals surface area contributed by atoms with E-state index in [1.807, 2.05) is 30.5 Å². The summed E-state index contributed by atoms with van der Waals surface area (Å²) in [7, 11) is 1.68. The summed E-state index contributed by atoms with van der Waals surface area (Å²) in [5, 5.41) is 11.7. The summed E-state index contributed by atoms with van der Waals surface area (Å²) in [5.41, 5.74) is 1.49. The Balaban J connectivity index is 1.46. The zero-order valence-corrected chi connectivity index (χ0v) is 16.6. The number of ether oxygens (including phenoxy) is 2. The molecular weight excluding hydrogens is 352 g/mol. The topological polar surface area (TPSA) is 54.8 Å². The lowest BCUT2D eigenvalue weighted by atomic mass is 9.63. The lowest BCUT2D eigenvalue weighted by Crippen LogP contribution is -2.57. The van der Waals surface area contributed by atoms with Gasteiger partial charge in [0.25, 0.3) is 0 Å². The predicted molar refractivity (Wildman–Crippen MR) is 108 cm³/mol. The van der Waals surface area contributed by atoms with Crippen molar-refractivity contribution in [3.63, 3.8) is 0 Å². The van der Waals surface area contributed by atoms with Crippen LogP contribution in [0.15, 0.2) is 48.8 Å². The van der Waals surface area contributed by atoms with Gasteiger partial charge in [-0.3, -0.25) is 9.88 Å². The van der Waals surface area contributed by atoms with E-state index in [4.69, 9.17) is 9.47 Å². The van der Waals surface area contributed by atoms with Gasteiger partial charge in [0.05, 0.1) is 12.2 Å². The van der Waals surface area contributed by atoms with Crippen LogP contribution in [0.3, 0.4) is 0 Å². The molecule has 2 heterocycles. The van der Waals surface area contributed by atoms with E-state index >= 15 is 0 Å².